The first-order valence-electron chi connectivity index (χ1n) is 10.9. The maximum absolute atomic E-state index is 6.27. The number of fused-ring (bicyclic) bond motifs is 1. The van der Waals surface area contributed by atoms with E-state index in [1.165, 1.54) is 0 Å². The molecule has 0 saturated carbocycles. The Kier molecular flexibility index (Phi) is 6.35. The van der Waals surface area contributed by atoms with Crippen LogP contribution in [0.4, 0.5) is 22.7 Å². The Labute approximate surface area is 209 Å². The molecule has 0 spiro atoms. The number of halogens is 2. The van der Waals surface area contributed by atoms with E-state index in [2.05, 4.69) is 28.4 Å². The third kappa shape index (κ3) is 4.43. The van der Waals surface area contributed by atoms with Crippen molar-refractivity contribution in [3.8, 4) is 0 Å². The summed E-state index contributed by atoms with van der Waals surface area (Å²) in [5, 5.41) is 4.86. The molecule has 4 aromatic carbocycles. The first-order valence-corrected chi connectivity index (χ1v) is 11.7. The van der Waals surface area contributed by atoms with Crippen LogP contribution in [0.2, 0.25) is 10.0 Å². The van der Waals surface area contributed by atoms with Crippen LogP contribution in [0.3, 0.4) is 0 Å². The lowest BCUT2D eigenvalue weighted by molar-refractivity contribution is 0.967. The molecular formula is C28H22Cl2N4. The molecule has 0 amide bonds. The van der Waals surface area contributed by atoms with Gasteiger partial charge in [0, 0.05) is 45.3 Å². The fourth-order valence-electron chi connectivity index (χ4n) is 4.15. The Morgan fingerprint density at radius 1 is 0.853 bits per heavy atom. The van der Waals surface area contributed by atoms with Crippen LogP contribution in [0.5, 0.6) is 0 Å². The summed E-state index contributed by atoms with van der Waals surface area (Å²) in [6.45, 7) is 0.468. The molecule has 0 bridgehead atoms. The van der Waals surface area contributed by atoms with Gasteiger partial charge in [0.25, 0.3) is 0 Å². The zero-order valence-electron chi connectivity index (χ0n) is 18.5. The molecule has 4 aromatic rings. The summed E-state index contributed by atoms with van der Waals surface area (Å²) >= 11 is 12.5. The Morgan fingerprint density at radius 3 is 2.38 bits per heavy atom. The number of hydrogen-bond donors (Lipinski definition) is 1. The van der Waals surface area contributed by atoms with E-state index in [0.29, 0.717) is 16.7 Å². The second kappa shape index (κ2) is 9.72. The predicted octanol–water partition coefficient (Wildman–Crippen LogP) is 7.75. The van der Waals surface area contributed by atoms with Crippen LogP contribution in [-0.2, 0) is 0 Å². The van der Waals surface area contributed by atoms with Crippen molar-refractivity contribution < 1.29 is 0 Å². The fraction of sp³-hybridized carbons (Fsp3) is 0.0714. The maximum atomic E-state index is 6.27. The lowest BCUT2D eigenvalue weighted by Gasteiger charge is -2.31. The highest BCUT2D eigenvalue weighted by molar-refractivity contribution is 6.55. The molecule has 0 saturated heterocycles. The number of para-hydroxylation sites is 2. The average Bonchev–Trinajstić information content (AvgIpc) is 2.85. The molecule has 4 nitrogen and oxygen atoms in total. The van der Waals surface area contributed by atoms with Crippen molar-refractivity contribution in [2.45, 2.75) is 0 Å². The highest BCUT2D eigenvalue weighted by atomic mass is 35.5. The lowest BCUT2D eigenvalue weighted by atomic mass is 9.95. The minimum absolute atomic E-state index is 0.468. The molecule has 0 unspecified atom stereocenters. The molecule has 1 aliphatic rings. The van der Waals surface area contributed by atoms with E-state index in [9.17, 15) is 0 Å². The first kappa shape index (κ1) is 22.2. The van der Waals surface area contributed by atoms with Gasteiger partial charge in [0.15, 0.2) is 0 Å². The topological polar surface area (TPSA) is 40.0 Å². The second-order valence-corrected chi connectivity index (χ2v) is 8.70. The Balaban J connectivity index is 1.55. The Bertz CT molecular complexity index is 1410. The van der Waals surface area contributed by atoms with Crippen LogP contribution in [-0.4, -0.2) is 25.1 Å². The Morgan fingerprint density at radius 2 is 1.59 bits per heavy atom. The number of rotatable bonds is 5. The standard InChI is InChI=1S/C28H22Cl2N4/c1-31-27(23-12-2-4-14-25(23)33-21-10-6-8-19(29)16-21)28-24-13-3-5-15-26(24)34(18-32-28)22-11-7-9-20(30)17-22/h2-17,33H,18H2,1H3. The Hall–Kier alpha value is -3.60. The molecule has 34 heavy (non-hydrogen) atoms. The zero-order chi connectivity index (χ0) is 23.5. The molecule has 0 aromatic heterocycles. The van der Waals surface area contributed by atoms with Crippen molar-refractivity contribution in [1.29, 1.82) is 0 Å². The van der Waals surface area contributed by atoms with E-state index in [1.807, 2.05) is 78.9 Å². The summed E-state index contributed by atoms with van der Waals surface area (Å²) in [5.74, 6) is 0. The minimum Gasteiger partial charge on any atom is -0.355 e. The number of hydrogen-bond acceptors (Lipinski definition) is 4. The molecule has 0 fully saturated rings. The van der Waals surface area contributed by atoms with Crippen LogP contribution >= 0.6 is 23.2 Å². The van der Waals surface area contributed by atoms with Gasteiger partial charge in [-0.3, -0.25) is 9.98 Å². The van der Waals surface area contributed by atoms with E-state index in [-0.39, 0.29) is 0 Å². The van der Waals surface area contributed by atoms with Gasteiger partial charge in [-0.05, 0) is 48.5 Å². The van der Waals surface area contributed by atoms with Crippen LogP contribution in [0.15, 0.2) is 107 Å². The summed E-state index contributed by atoms with van der Waals surface area (Å²) in [7, 11) is 1.81. The number of benzene rings is 4. The molecule has 0 aliphatic carbocycles. The molecule has 1 aliphatic heterocycles. The highest BCUT2D eigenvalue weighted by Crippen LogP contribution is 2.35. The van der Waals surface area contributed by atoms with E-state index in [4.69, 9.17) is 33.2 Å². The monoisotopic (exact) mass is 484 g/mol. The molecule has 1 N–H and O–H groups in total. The third-order valence-corrected chi connectivity index (χ3v) is 6.14. The predicted molar refractivity (Wildman–Crippen MR) is 145 cm³/mol. The van der Waals surface area contributed by atoms with Gasteiger partial charge in [-0.15, -0.1) is 0 Å². The van der Waals surface area contributed by atoms with Crippen molar-refractivity contribution in [1.82, 2.24) is 0 Å². The van der Waals surface area contributed by atoms with E-state index < -0.39 is 0 Å². The minimum atomic E-state index is 0.468. The molecule has 0 radical (unpaired) electrons. The largest absolute Gasteiger partial charge is 0.355 e. The number of aliphatic imine (C=N–C) groups is 2. The molecular weight excluding hydrogens is 463 g/mol. The number of anilines is 4. The fourth-order valence-corrected chi connectivity index (χ4v) is 4.53. The van der Waals surface area contributed by atoms with Gasteiger partial charge in [0.1, 0.15) is 6.67 Å². The van der Waals surface area contributed by atoms with Gasteiger partial charge in [-0.1, -0.05) is 71.7 Å². The van der Waals surface area contributed by atoms with Crippen molar-refractivity contribution in [3.05, 3.63) is 118 Å². The van der Waals surface area contributed by atoms with Crippen molar-refractivity contribution in [2.24, 2.45) is 9.98 Å². The van der Waals surface area contributed by atoms with Crippen molar-refractivity contribution in [3.63, 3.8) is 0 Å². The SMILES string of the molecule is CN=C(C1=NCN(c2cccc(Cl)c2)c2ccccc21)c1ccccc1Nc1cccc(Cl)c1. The van der Waals surface area contributed by atoms with Gasteiger partial charge >= 0.3 is 0 Å². The first-order chi connectivity index (χ1) is 16.6. The number of nitrogens with one attached hydrogen (secondary N) is 1. The number of nitrogens with zero attached hydrogens (tertiary/aromatic N) is 3. The smallest absolute Gasteiger partial charge is 0.115 e. The van der Waals surface area contributed by atoms with Gasteiger partial charge in [0.05, 0.1) is 17.1 Å². The summed E-state index contributed by atoms with van der Waals surface area (Å²) in [6, 6.07) is 31.9. The third-order valence-electron chi connectivity index (χ3n) is 5.67. The lowest BCUT2D eigenvalue weighted by Crippen LogP contribution is -2.30. The zero-order valence-corrected chi connectivity index (χ0v) is 20.1. The van der Waals surface area contributed by atoms with Crippen LogP contribution in [0.1, 0.15) is 11.1 Å². The molecule has 1 heterocycles. The second-order valence-electron chi connectivity index (χ2n) is 7.83. The summed E-state index contributed by atoms with van der Waals surface area (Å²) in [5.41, 5.74) is 7.58. The van der Waals surface area contributed by atoms with Crippen LogP contribution < -0.4 is 10.2 Å². The molecule has 6 heteroatoms. The van der Waals surface area contributed by atoms with Gasteiger partial charge < -0.3 is 10.2 Å². The average molecular weight is 485 g/mol. The van der Waals surface area contributed by atoms with Crippen molar-refractivity contribution >= 4 is 57.4 Å². The summed E-state index contributed by atoms with van der Waals surface area (Å²) in [6.07, 6.45) is 0. The molecule has 5 rings (SSSR count). The van der Waals surface area contributed by atoms with Gasteiger partial charge in [0.2, 0.25) is 0 Å². The van der Waals surface area contributed by atoms with Crippen LogP contribution in [0.25, 0.3) is 0 Å². The van der Waals surface area contributed by atoms with Gasteiger partial charge in [-0.25, -0.2) is 0 Å². The maximum Gasteiger partial charge on any atom is 0.115 e. The van der Waals surface area contributed by atoms with E-state index in [1.54, 1.807) is 7.05 Å². The van der Waals surface area contributed by atoms with Crippen LogP contribution in [0, 0.1) is 0 Å². The quantitative estimate of drug-likeness (QED) is 0.294. The normalized spacial score (nSPS) is 13.3. The molecule has 168 valence electrons. The summed E-state index contributed by atoms with van der Waals surface area (Å²) < 4.78 is 0. The van der Waals surface area contributed by atoms with E-state index in [0.717, 1.165) is 45.3 Å². The summed E-state index contributed by atoms with van der Waals surface area (Å²) in [4.78, 5) is 11.8. The highest BCUT2D eigenvalue weighted by Gasteiger charge is 2.25. The van der Waals surface area contributed by atoms with Crippen molar-refractivity contribution in [2.75, 3.05) is 23.9 Å². The van der Waals surface area contributed by atoms with Gasteiger partial charge in [-0.2, -0.15) is 0 Å². The van der Waals surface area contributed by atoms with E-state index >= 15 is 0 Å². The molecule has 0 atom stereocenters.